The normalized spacial score (nSPS) is 15.0. The number of hydrogen-bond donors (Lipinski definition) is 1. The van der Waals surface area contributed by atoms with Crippen molar-refractivity contribution in [3.63, 3.8) is 0 Å². The lowest BCUT2D eigenvalue weighted by atomic mass is 9.73. The summed E-state index contributed by atoms with van der Waals surface area (Å²) in [4.78, 5) is 37.0. The molecule has 9 nitrogen and oxygen atoms in total. The molecule has 2 unspecified atom stereocenters. The van der Waals surface area contributed by atoms with E-state index in [0.29, 0.717) is 6.42 Å². The molecule has 0 radical (unpaired) electrons. The van der Waals surface area contributed by atoms with Gasteiger partial charge >= 0.3 is 17.9 Å². The van der Waals surface area contributed by atoms with Gasteiger partial charge in [0.1, 0.15) is 17.6 Å². The molecule has 0 aliphatic carbocycles. The maximum atomic E-state index is 13.3. The van der Waals surface area contributed by atoms with Gasteiger partial charge in [-0.1, -0.05) is 45.8 Å². The Kier molecular flexibility index (Phi) is 13.8. The molecule has 0 spiro atoms. The number of ether oxygens (including phenoxy) is 3. The molecule has 32 heavy (non-hydrogen) atoms. The highest BCUT2D eigenvalue weighted by atomic mass is 32.2. The molecule has 0 saturated carbocycles. The van der Waals surface area contributed by atoms with Gasteiger partial charge in [0.25, 0.3) is 10.1 Å². The third-order valence-electron chi connectivity index (χ3n) is 5.22. The lowest BCUT2D eigenvalue weighted by Crippen LogP contribution is -2.53. The van der Waals surface area contributed by atoms with Crippen molar-refractivity contribution >= 4 is 28.0 Å². The molecule has 0 rings (SSSR count). The molecule has 0 saturated heterocycles. The summed E-state index contributed by atoms with van der Waals surface area (Å²) in [6.45, 7) is 11.7. The van der Waals surface area contributed by atoms with Crippen molar-refractivity contribution < 1.29 is 41.6 Å². The van der Waals surface area contributed by atoms with Crippen LogP contribution in [0.1, 0.15) is 65.7 Å². The van der Waals surface area contributed by atoms with E-state index in [-0.39, 0.29) is 25.9 Å². The van der Waals surface area contributed by atoms with E-state index in [9.17, 15) is 22.8 Å². The van der Waals surface area contributed by atoms with Crippen molar-refractivity contribution in [2.24, 2.45) is 5.41 Å². The van der Waals surface area contributed by atoms with Gasteiger partial charge in [0.05, 0.1) is 12.4 Å². The van der Waals surface area contributed by atoms with Crippen LogP contribution < -0.4 is 0 Å². The largest absolute Gasteiger partial charge is 0.465 e. The number of carbonyl (C=O) groups excluding carboxylic acids is 3. The van der Waals surface area contributed by atoms with Crippen molar-refractivity contribution in [2.45, 2.75) is 77.9 Å². The highest BCUT2D eigenvalue weighted by Crippen LogP contribution is 2.39. The van der Waals surface area contributed by atoms with Crippen LogP contribution in [0.25, 0.3) is 0 Å². The van der Waals surface area contributed by atoms with E-state index in [0.717, 1.165) is 31.4 Å². The van der Waals surface area contributed by atoms with Crippen LogP contribution in [0.3, 0.4) is 0 Å². The number of rotatable bonds is 17. The minimum Gasteiger partial charge on any atom is -0.465 e. The molecule has 0 aliphatic rings. The fraction of sp³-hybridized carbons (Fsp3) is 0.682. The van der Waals surface area contributed by atoms with Gasteiger partial charge in [-0.3, -0.25) is 9.35 Å². The third-order valence-corrected chi connectivity index (χ3v) is 6.03. The van der Waals surface area contributed by atoms with Crippen LogP contribution in [0, 0.1) is 5.41 Å². The summed E-state index contributed by atoms with van der Waals surface area (Å²) >= 11 is 0. The number of unbranched alkanes of at least 4 members (excludes halogenated alkanes) is 4. The van der Waals surface area contributed by atoms with E-state index in [4.69, 9.17) is 18.8 Å². The standard InChI is InChI=1S/C22H36O9S/c1-6-9-10-11-14-22(17(4)30-19(23)7-2,18(5)31-20(24)8-3)21(25)29-15-12-13-16-32(26,27)28/h7-8,17-18H,2-3,6,9-16H2,1,4-5H3,(H,26,27,28). The molecule has 0 fully saturated rings. The highest BCUT2D eigenvalue weighted by Gasteiger charge is 2.53. The molecule has 0 aliphatic heterocycles. The molecule has 0 aromatic heterocycles. The van der Waals surface area contributed by atoms with Crippen LogP contribution >= 0.6 is 0 Å². The van der Waals surface area contributed by atoms with Gasteiger partial charge in [0, 0.05) is 12.2 Å². The van der Waals surface area contributed by atoms with Gasteiger partial charge in [-0.15, -0.1) is 0 Å². The predicted molar refractivity (Wildman–Crippen MR) is 119 cm³/mol. The molecule has 184 valence electrons. The molecular weight excluding hydrogens is 440 g/mol. The first-order valence-electron chi connectivity index (χ1n) is 10.7. The summed E-state index contributed by atoms with van der Waals surface area (Å²) in [5.74, 6) is -2.65. The van der Waals surface area contributed by atoms with Gasteiger partial charge < -0.3 is 14.2 Å². The van der Waals surface area contributed by atoms with Crippen LogP contribution in [0.2, 0.25) is 0 Å². The maximum Gasteiger partial charge on any atom is 0.330 e. The van der Waals surface area contributed by atoms with E-state index < -0.39 is 51.4 Å². The second-order valence-electron chi connectivity index (χ2n) is 7.55. The lowest BCUT2D eigenvalue weighted by molar-refractivity contribution is -0.188. The zero-order chi connectivity index (χ0) is 24.8. The molecule has 2 atom stereocenters. The van der Waals surface area contributed by atoms with E-state index >= 15 is 0 Å². The fourth-order valence-corrected chi connectivity index (χ4v) is 3.93. The van der Waals surface area contributed by atoms with Gasteiger partial charge in [-0.25, -0.2) is 9.59 Å². The van der Waals surface area contributed by atoms with Crippen LogP contribution in [0.4, 0.5) is 0 Å². The predicted octanol–water partition coefficient (Wildman–Crippen LogP) is 3.39. The second kappa shape index (κ2) is 14.8. The van der Waals surface area contributed by atoms with E-state index in [1.165, 1.54) is 13.8 Å². The van der Waals surface area contributed by atoms with Gasteiger partial charge in [0.2, 0.25) is 0 Å². The molecular formula is C22H36O9S. The molecule has 0 bridgehead atoms. The van der Waals surface area contributed by atoms with Crippen molar-refractivity contribution in [1.29, 1.82) is 0 Å². The van der Waals surface area contributed by atoms with E-state index in [1.54, 1.807) is 0 Å². The van der Waals surface area contributed by atoms with E-state index in [2.05, 4.69) is 13.2 Å². The minimum atomic E-state index is -4.10. The summed E-state index contributed by atoms with van der Waals surface area (Å²) in [5.41, 5.74) is -1.49. The molecule has 1 N–H and O–H groups in total. The van der Waals surface area contributed by atoms with E-state index in [1.807, 2.05) is 6.92 Å². The summed E-state index contributed by atoms with van der Waals surface area (Å²) in [6, 6.07) is 0. The van der Waals surface area contributed by atoms with Gasteiger partial charge in [-0.05, 0) is 33.1 Å². The zero-order valence-electron chi connectivity index (χ0n) is 19.2. The molecule has 10 heteroatoms. The van der Waals surface area contributed by atoms with Crippen molar-refractivity contribution in [2.75, 3.05) is 12.4 Å². The topological polar surface area (TPSA) is 133 Å². The molecule has 0 aromatic rings. The Balaban J connectivity index is 5.76. The Morgan fingerprint density at radius 1 is 0.938 bits per heavy atom. The first-order valence-corrected chi connectivity index (χ1v) is 12.3. The zero-order valence-corrected chi connectivity index (χ0v) is 20.0. The van der Waals surface area contributed by atoms with Crippen molar-refractivity contribution in [3.05, 3.63) is 25.3 Å². The van der Waals surface area contributed by atoms with Crippen LogP contribution in [-0.2, 0) is 38.7 Å². The highest BCUT2D eigenvalue weighted by molar-refractivity contribution is 7.85. The Bertz CT molecular complexity index is 715. The summed E-state index contributed by atoms with van der Waals surface area (Å²) < 4.78 is 46.6. The Labute approximate surface area is 190 Å². The minimum absolute atomic E-state index is 0.0949. The smallest absolute Gasteiger partial charge is 0.330 e. The van der Waals surface area contributed by atoms with Crippen molar-refractivity contribution in [1.82, 2.24) is 0 Å². The second-order valence-corrected chi connectivity index (χ2v) is 9.12. The summed E-state index contributed by atoms with van der Waals surface area (Å²) in [5, 5.41) is 0. The lowest BCUT2D eigenvalue weighted by Gasteiger charge is -2.40. The fourth-order valence-electron chi connectivity index (χ4n) is 3.36. The average molecular weight is 477 g/mol. The maximum absolute atomic E-state index is 13.3. The number of hydrogen-bond acceptors (Lipinski definition) is 8. The third kappa shape index (κ3) is 10.4. The number of carbonyl (C=O) groups is 3. The quantitative estimate of drug-likeness (QED) is 0.110. The number of esters is 3. The Morgan fingerprint density at radius 2 is 1.47 bits per heavy atom. The molecule has 0 amide bonds. The Hall–Kier alpha value is -2.20. The van der Waals surface area contributed by atoms with Crippen molar-refractivity contribution in [3.8, 4) is 0 Å². The molecule has 0 aromatic carbocycles. The monoisotopic (exact) mass is 476 g/mol. The Morgan fingerprint density at radius 3 is 1.91 bits per heavy atom. The van der Waals surface area contributed by atoms with Crippen LogP contribution in [-0.4, -0.2) is 55.4 Å². The SMILES string of the molecule is C=CC(=O)OC(C)C(CCCCCC)(C(=O)OCCCCS(=O)(=O)O)C(C)OC(=O)C=C. The van der Waals surface area contributed by atoms with Gasteiger partial charge in [0.15, 0.2) is 0 Å². The molecule has 0 heterocycles. The van der Waals surface area contributed by atoms with Crippen LogP contribution in [0.15, 0.2) is 25.3 Å². The van der Waals surface area contributed by atoms with Gasteiger partial charge in [-0.2, -0.15) is 8.42 Å². The average Bonchev–Trinajstić information content (AvgIpc) is 2.72. The first kappa shape index (κ1) is 29.8. The first-order chi connectivity index (χ1) is 14.9. The summed E-state index contributed by atoms with van der Waals surface area (Å²) in [7, 11) is -4.10. The van der Waals surface area contributed by atoms with Crippen LogP contribution in [0.5, 0.6) is 0 Å². The summed E-state index contributed by atoms with van der Waals surface area (Å²) in [6.07, 6.45) is 3.75.